The van der Waals surface area contributed by atoms with Gasteiger partial charge in [-0.05, 0) is 7.05 Å². The molecule has 2 unspecified atom stereocenters. The quantitative estimate of drug-likeness (QED) is 0.415. The molecule has 0 spiro atoms. The van der Waals surface area contributed by atoms with E-state index >= 15 is 0 Å². The van der Waals surface area contributed by atoms with Gasteiger partial charge in [-0.15, -0.1) is 0 Å². The van der Waals surface area contributed by atoms with E-state index in [1.165, 1.54) is 7.05 Å². The molecule has 0 fully saturated rings. The Morgan fingerprint density at radius 3 is 1.57 bits per heavy atom. The van der Waals surface area contributed by atoms with Crippen molar-refractivity contribution in [3.8, 4) is 0 Å². The van der Waals surface area contributed by atoms with Crippen molar-refractivity contribution in [3.05, 3.63) is 0 Å². The molecule has 9 nitrogen and oxygen atoms in total. The first-order chi connectivity index (χ1) is 8.27. The van der Waals surface area contributed by atoms with E-state index in [1.54, 1.807) is 0 Å². The zero-order chi connectivity index (χ0) is 14.3. The Balaban J connectivity index is -0.000000482. The van der Waals surface area contributed by atoms with Gasteiger partial charge in [0.05, 0.1) is 24.0 Å². The molecule has 0 aromatic carbocycles. The summed E-state index contributed by atoms with van der Waals surface area (Å²) in [5.74, 6) is -6.00. The van der Waals surface area contributed by atoms with Crippen molar-refractivity contribution in [2.45, 2.75) is 24.9 Å². The molecule has 102 valence electrons. The molecule has 0 radical (unpaired) electrons. The molecule has 0 bridgehead atoms. The monoisotopic (exact) mass is 328 g/mol. The van der Waals surface area contributed by atoms with Crippen LogP contribution < -0.4 is 115 Å². The van der Waals surface area contributed by atoms with Crippen LogP contribution in [0, 0.1) is 0 Å². The molecule has 0 saturated carbocycles. The second-order valence-electron chi connectivity index (χ2n) is 3.38. The maximum absolute atomic E-state index is 11.3. The molecule has 1 amide bonds. The number of carbonyl (C=O) groups excluding carboxylic acids is 4. The molecule has 0 aromatic rings. The summed E-state index contributed by atoms with van der Waals surface area (Å²) < 4.78 is 0. The van der Waals surface area contributed by atoms with Crippen molar-refractivity contribution in [2.75, 3.05) is 7.05 Å². The van der Waals surface area contributed by atoms with Crippen molar-refractivity contribution in [2.24, 2.45) is 0 Å². The van der Waals surface area contributed by atoms with Crippen LogP contribution in [0.15, 0.2) is 0 Å². The number of hydrogen-bond donors (Lipinski definition) is 2. The molecule has 0 saturated heterocycles. The van der Waals surface area contributed by atoms with Gasteiger partial charge in [0.1, 0.15) is 0 Å². The maximum Gasteiger partial charge on any atom is 1.00 e. The second-order valence-corrected chi connectivity index (χ2v) is 3.38. The number of carboxylic acid groups (broad SMARTS) is 3. The van der Waals surface area contributed by atoms with Crippen molar-refractivity contribution < 1.29 is 123 Å². The Morgan fingerprint density at radius 2 is 1.29 bits per heavy atom. The molecule has 0 aliphatic heterocycles. The number of hydrogen-bond acceptors (Lipinski definition) is 8. The van der Waals surface area contributed by atoms with Crippen LogP contribution in [0.25, 0.3) is 0 Å². The predicted molar refractivity (Wildman–Crippen MR) is 49.0 cm³/mol. The Morgan fingerprint density at radius 1 is 0.857 bits per heavy atom. The topological polar surface area (TPSA) is 162 Å². The van der Waals surface area contributed by atoms with Gasteiger partial charge in [0, 0.05) is 18.8 Å². The third-order valence-corrected chi connectivity index (χ3v) is 2.01. The zero-order valence-electron chi connectivity index (χ0n) is 12.4. The van der Waals surface area contributed by atoms with Gasteiger partial charge in [-0.3, -0.25) is 4.79 Å². The van der Waals surface area contributed by atoms with Crippen LogP contribution in [0.3, 0.4) is 0 Å². The van der Waals surface area contributed by atoms with E-state index in [2.05, 4.69) is 5.32 Å². The Bertz CT molecular complexity index is 367. The number of amides is 1. The summed E-state index contributed by atoms with van der Waals surface area (Å²) in [5.41, 5.74) is 0. The molecule has 0 aliphatic rings. The van der Waals surface area contributed by atoms with Gasteiger partial charge in [-0.2, -0.15) is 0 Å². The number of nitrogens with one attached hydrogen (secondary N) is 2. The molecule has 0 aliphatic carbocycles. The Hall–Kier alpha value is 0.840. The number of aliphatic carboxylic acids is 3. The van der Waals surface area contributed by atoms with Crippen molar-refractivity contribution in [3.63, 3.8) is 0 Å². The van der Waals surface area contributed by atoms with Gasteiger partial charge in [-0.1, -0.05) is 0 Å². The van der Waals surface area contributed by atoms with Gasteiger partial charge < -0.3 is 40.3 Å². The fraction of sp³-hybridized carbons (Fsp3) is 0.556. The predicted octanol–water partition coefficient (Wildman–Crippen LogP) is -14.9. The van der Waals surface area contributed by atoms with Crippen LogP contribution in [0.4, 0.5) is 0 Å². The van der Waals surface area contributed by atoms with E-state index < -0.39 is 48.7 Å². The van der Waals surface area contributed by atoms with Gasteiger partial charge in [0.25, 0.3) is 0 Å². The van der Waals surface area contributed by atoms with E-state index in [4.69, 9.17) is 0 Å². The summed E-state index contributed by atoms with van der Waals surface area (Å²) in [5, 5.41) is 35.3. The first-order valence-corrected chi connectivity index (χ1v) is 4.86. The summed E-state index contributed by atoms with van der Waals surface area (Å²) in [6.45, 7) is 0. The minimum absolute atomic E-state index is 0. The molecule has 0 heterocycles. The first kappa shape index (κ1) is 29.8. The third kappa shape index (κ3) is 14.2. The van der Waals surface area contributed by atoms with Crippen LogP contribution >= 0.6 is 0 Å². The van der Waals surface area contributed by atoms with E-state index in [-0.39, 0.29) is 88.7 Å². The summed E-state index contributed by atoms with van der Waals surface area (Å²) in [7, 11) is 1.27. The molecule has 2 N–H and O–H groups in total. The molecule has 12 heteroatoms. The average molecular weight is 328 g/mol. The summed E-state index contributed by atoms with van der Waals surface area (Å²) >= 11 is 0. The van der Waals surface area contributed by atoms with E-state index in [0.29, 0.717) is 0 Å². The molecule has 0 rings (SSSR count). The zero-order valence-corrected chi connectivity index (χ0v) is 18.4. The molecular weight excluding hydrogens is 317 g/mol. The smallest absolute Gasteiger partial charge is 0.550 e. The van der Waals surface area contributed by atoms with Crippen molar-refractivity contribution >= 4 is 23.8 Å². The van der Waals surface area contributed by atoms with Crippen molar-refractivity contribution in [1.29, 1.82) is 0 Å². The molecule has 0 aromatic heterocycles. The maximum atomic E-state index is 11.3. The van der Waals surface area contributed by atoms with Gasteiger partial charge in [0.2, 0.25) is 5.91 Å². The van der Waals surface area contributed by atoms with Crippen LogP contribution in [0.5, 0.6) is 0 Å². The number of carboxylic acids is 3. The van der Waals surface area contributed by atoms with E-state index in [1.807, 2.05) is 5.32 Å². The fourth-order valence-corrected chi connectivity index (χ4v) is 1.10. The Kier molecular flexibility index (Phi) is 22.3. The van der Waals surface area contributed by atoms with Crippen molar-refractivity contribution in [1.82, 2.24) is 10.6 Å². The largest absolute Gasteiger partial charge is 1.00 e. The van der Waals surface area contributed by atoms with Gasteiger partial charge in [-0.25, -0.2) is 0 Å². The summed E-state index contributed by atoms with van der Waals surface area (Å²) in [6.07, 6.45) is -1.57. The van der Waals surface area contributed by atoms with Crippen LogP contribution in [-0.4, -0.2) is 42.9 Å². The van der Waals surface area contributed by atoms with E-state index in [9.17, 15) is 34.5 Å². The SMILES string of the molecule is CNC(CC(=O)NC(CC(=O)[O-])C(=O)[O-])C(=O)[O-].[Na+].[Na+].[Na+]. The number of rotatable bonds is 8. The Labute approximate surface area is 187 Å². The summed E-state index contributed by atoms with van der Waals surface area (Å²) in [4.78, 5) is 42.5. The average Bonchev–Trinajstić information content (AvgIpc) is 2.23. The van der Waals surface area contributed by atoms with Crippen LogP contribution in [0.1, 0.15) is 12.8 Å². The third-order valence-electron chi connectivity index (χ3n) is 2.01. The number of carbonyl (C=O) groups is 4. The minimum atomic E-state index is -1.80. The van der Waals surface area contributed by atoms with Crippen LogP contribution in [-0.2, 0) is 19.2 Å². The van der Waals surface area contributed by atoms with Crippen LogP contribution in [0.2, 0.25) is 0 Å². The minimum Gasteiger partial charge on any atom is -0.550 e. The number of likely N-dealkylation sites (N-methyl/N-ethyl adjacent to an activating group) is 1. The second kappa shape index (κ2) is 15.7. The van der Waals surface area contributed by atoms with Gasteiger partial charge in [0.15, 0.2) is 0 Å². The first-order valence-electron chi connectivity index (χ1n) is 4.86. The molecule has 2 atom stereocenters. The fourth-order valence-electron chi connectivity index (χ4n) is 1.10. The molecule has 21 heavy (non-hydrogen) atoms. The van der Waals surface area contributed by atoms with E-state index in [0.717, 1.165) is 0 Å². The van der Waals surface area contributed by atoms with Gasteiger partial charge >= 0.3 is 88.7 Å². The normalized spacial score (nSPS) is 11.5. The summed E-state index contributed by atoms with van der Waals surface area (Å²) in [6, 6.07) is -3.09. The molecular formula is C9H11N2Na3O7. The standard InChI is InChI=1S/C9H14N2O7.3Na/c1-10-4(8(15)16)2-6(12)11-5(9(17)18)3-7(13)14;;;/h4-5,10H,2-3H2,1H3,(H,11,12)(H,13,14)(H,15,16)(H,17,18);;;/q;3*+1/p-3.